The van der Waals surface area contributed by atoms with Crippen molar-refractivity contribution in [2.24, 2.45) is 23.2 Å². The Morgan fingerprint density at radius 2 is 0.595 bits per heavy atom. The number of fused-ring (bicyclic) bond motifs is 1. The lowest BCUT2D eigenvalue weighted by atomic mass is 9.85. The van der Waals surface area contributed by atoms with Gasteiger partial charge in [-0.25, -0.2) is 0 Å². The van der Waals surface area contributed by atoms with Crippen molar-refractivity contribution in [1.82, 2.24) is 79.8 Å². The molecular formula is C99H127ClN16O32. The lowest BCUT2D eigenvalue weighted by Gasteiger charge is -2.31. The molecule has 6 aromatic carbocycles. The first kappa shape index (κ1) is 127. The molecular weight excluding hydrogens is 1960 g/mol. The second-order valence-corrected chi connectivity index (χ2v) is 35.8. The van der Waals surface area contributed by atoms with Crippen LogP contribution >= 0.6 is 11.6 Å². The largest absolute Gasteiger partial charge is 0.508 e. The number of anilines is 1. The van der Waals surface area contributed by atoms with Crippen LogP contribution in [0.1, 0.15) is 188 Å². The van der Waals surface area contributed by atoms with E-state index < -0.39 is 247 Å². The van der Waals surface area contributed by atoms with E-state index in [-0.39, 0.29) is 39.7 Å². The summed E-state index contributed by atoms with van der Waals surface area (Å²) in [6.45, 7) is 24.0. The van der Waals surface area contributed by atoms with Gasteiger partial charge in [-0.2, -0.15) is 0 Å². The fourth-order valence-corrected chi connectivity index (χ4v) is 12.7. The Bertz CT molecular complexity index is 5680. The van der Waals surface area contributed by atoms with Crippen LogP contribution in [-0.2, 0) is 95.9 Å². The van der Waals surface area contributed by atoms with Gasteiger partial charge in [-0.05, 0) is 160 Å². The summed E-state index contributed by atoms with van der Waals surface area (Å²) >= 11 is 5.86. The van der Waals surface area contributed by atoms with Gasteiger partial charge in [-0.1, -0.05) is 129 Å². The predicted octanol–water partition coefficient (Wildman–Crippen LogP) is 1.38. The fraction of sp³-hybridized carbons (Fsp3) is 0.404. The fourth-order valence-electron chi connectivity index (χ4n) is 12.6. The Morgan fingerprint density at radius 1 is 0.318 bits per heavy atom. The van der Waals surface area contributed by atoms with E-state index in [2.05, 4.69) is 79.8 Å². The van der Waals surface area contributed by atoms with Gasteiger partial charge in [0.05, 0.1) is 80.1 Å². The minimum Gasteiger partial charge on any atom is -0.508 e. The minimum atomic E-state index is -1.26. The summed E-state index contributed by atoms with van der Waals surface area (Å²) in [5, 5.41) is 91.3. The Labute approximate surface area is 855 Å². The van der Waals surface area contributed by atoms with E-state index in [0.717, 1.165) is 10.8 Å². The second-order valence-electron chi connectivity index (χ2n) is 35.4. The van der Waals surface area contributed by atoms with E-state index in [1.807, 2.05) is 30.3 Å². The maximum Gasteiger partial charge on any atom is 0.305 e. The highest BCUT2D eigenvalue weighted by Gasteiger charge is 2.37. The number of carbonyl (C=O) groups excluding carboxylic acids is 20. The molecule has 802 valence electrons. The molecule has 0 heterocycles. The number of aromatic hydroxyl groups is 1. The first-order valence-corrected chi connectivity index (χ1v) is 46.1. The number of methoxy groups -OCH3 is 1. The van der Waals surface area contributed by atoms with Crippen LogP contribution in [0.4, 0.5) is 5.69 Å². The van der Waals surface area contributed by atoms with Crippen molar-refractivity contribution in [3.05, 3.63) is 172 Å². The monoisotopic (exact) mass is 2090 g/mol. The SMILES string of the molecule is CC(C)[C@H](NC(=O)c1ccc(O)cc1)C(=O)N[C@@H](C)C(=O)N[C@H](C=O)CC(=O)O.CC(C)[C@H](NC(=O)c1cccc2ccccc12)C(=O)N[C@@H](C)C(=O)N[C@H](C=O)CC(=O)O.COc1ccc(C(=O)N[C@H](C(=O)N[C@@H](C)C(=O)N[C@H](C=O)CC(=O)O)C(C)C)cc1.C[C@H](NC(=O)[C@@H](NC(=O)c1ccccc1)C(C)(C)C)C(=O)N[C@H](C=O)CC(=O)O.C[C@H](NC(=O)c1ccc(N)c(Cl)c1)C(=O)N[C@@H](C)C(=O)N[C@H](C=O)CC(=O)O. The third kappa shape index (κ3) is 45.7. The molecule has 15 amide bonds. The zero-order chi connectivity index (χ0) is 112. The summed E-state index contributed by atoms with van der Waals surface area (Å²) in [6.07, 6.45) is -1.30. The van der Waals surface area contributed by atoms with Gasteiger partial charge < -0.3 is 145 Å². The average Bonchev–Trinajstić information content (AvgIpc) is 0.795. The van der Waals surface area contributed by atoms with Gasteiger partial charge >= 0.3 is 29.8 Å². The van der Waals surface area contributed by atoms with E-state index >= 15 is 0 Å². The second kappa shape index (κ2) is 63.2. The molecule has 23 N–H and O–H groups in total. The zero-order valence-electron chi connectivity index (χ0n) is 83.8. The highest BCUT2D eigenvalue weighted by atomic mass is 35.5. The molecule has 0 fully saturated rings. The lowest BCUT2D eigenvalue weighted by molar-refractivity contribution is -0.140. The molecule has 148 heavy (non-hydrogen) atoms. The van der Waals surface area contributed by atoms with E-state index in [9.17, 15) is 125 Å². The Morgan fingerprint density at radius 3 is 0.919 bits per heavy atom. The molecule has 0 spiro atoms. The number of aliphatic carboxylic acids is 5. The smallest absolute Gasteiger partial charge is 0.305 e. The highest BCUT2D eigenvalue weighted by molar-refractivity contribution is 6.33. The number of nitrogens with two attached hydrogens (primary N) is 1. The first-order chi connectivity index (χ1) is 69.3. The number of hydrogen-bond donors (Lipinski definition) is 22. The standard InChI is InChI=1S/C23H27N3O6.C20H27N3O7.C20H27N3O6.C19H25N3O7.C17H21ClN4O6/c1-13(2)20(23(32)24-14(3)21(30)25-16(12-27)11-19(28)29)26-22(31)18-10-6-8-15-7-4-5-9-17(15)18;1-11(2)17(23-19(28)13-5-7-15(30-4)8-6-13)20(29)21-12(3)18(27)22-14(10-24)9-16(25)26;1-12(17(27)22-14(11-24)10-15(25)26)21-19(29)16(20(2,3)4)23-18(28)13-8-6-5-7-9-13;1-10(2)16(22-18(28)12-4-6-14(24)7-5-12)19(29)20-11(3)17(27)21-13(9-23)8-15(25)26;1-8(21-17(28)10-3-4-13(19)12(18)5-10)15(26)20-9(2)16(27)22-11(7-23)6-14(24)25/h4-10,12-14,16,20H,11H2,1-3H3,(H,24,32)(H,25,30)(H,26,31)(H,28,29);5-8,10-12,14,17H,9H2,1-4H3,(H,21,29)(H,22,27)(H,23,28)(H,25,26);5-9,11-12,14,16H,10H2,1-4H3,(H,21,29)(H,22,27)(H,23,28)(H,25,26);4-7,9-11,13,16,24H,8H2,1-3H3,(H,20,29)(H,21,27)(H,22,28)(H,25,26);3-5,7-9,11H,6,19H2,1-2H3,(H,20,26)(H,21,28)(H,22,27)(H,24,25)/t14-,16-,20-;12-,14-,17-;12-,14-,16+;11-,13-,16-;8-,9-,11-/m00000/s1. The van der Waals surface area contributed by atoms with Crippen molar-refractivity contribution in [3.63, 3.8) is 0 Å². The van der Waals surface area contributed by atoms with Crippen LogP contribution in [0.3, 0.4) is 0 Å². The number of carboxylic acids is 5. The van der Waals surface area contributed by atoms with Gasteiger partial charge in [0.15, 0.2) is 0 Å². The van der Waals surface area contributed by atoms with Crippen LogP contribution in [0.15, 0.2) is 140 Å². The number of nitrogens with one attached hydrogen (secondary N) is 15. The topological polar surface area (TPSA) is 764 Å². The molecule has 0 unspecified atom stereocenters. The average molecular weight is 2090 g/mol. The van der Waals surface area contributed by atoms with E-state index in [0.29, 0.717) is 59.6 Å². The molecule has 0 radical (unpaired) electrons. The maximum atomic E-state index is 12.9. The number of phenols is 1. The third-order valence-corrected chi connectivity index (χ3v) is 21.2. The number of carbonyl (C=O) groups is 25. The normalized spacial score (nSPS) is 13.7. The van der Waals surface area contributed by atoms with Crippen LogP contribution in [0.5, 0.6) is 11.5 Å². The summed E-state index contributed by atoms with van der Waals surface area (Å²) in [5.74, 6) is -15.5. The molecule has 0 aliphatic rings. The van der Waals surface area contributed by atoms with E-state index in [1.54, 1.807) is 129 Å². The molecule has 0 aliphatic heterocycles. The first-order valence-electron chi connectivity index (χ1n) is 45.7. The Balaban J connectivity index is 0.000000626. The number of amides is 15. The number of phenolic OH excluding ortho intramolecular Hbond substituents is 1. The molecule has 6 aromatic rings. The van der Waals surface area contributed by atoms with Crippen molar-refractivity contribution >= 4 is 178 Å². The number of benzene rings is 6. The quantitative estimate of drug-likeness (QED) is 0.0189. The van der Waals surface area contributed by atoms with Crippen LogP contribution in [0.25, 0.3) is 10.8 Å². The summed E-state index contributed by atoms with van der Waals surface area (Å²) in [5.41, 5.74) is 6.82. The number of ether oxygens (including phenoxy) is 1. The van der Waals surface area contributed by atoms with Crippen LogP contribution in [0.2, 0.25) is 5.02 Å². The summed E-state index contributed by atoms with van der Waals surface area (Å²) < 4.78 is 5.04. The van der Waals surface area contributed by atoms with Crippen molar-refractivity contribution in [2.75, 3.05) is 12.8 Å². The minimum absolute atomic E-state index is 0.00364. The van der Waals surface area contributed by atoms with Crippen LogP contribution in [-0.4, -0.2) is 278 Å². The van der Waals surface area contributed by atoms with E-state index in [4.69, 9.17) is 47.6 Å². The van der Waals surface area contributed by atoms with E-state index in [1.165, 1.54) is 91.1 Å². The van der Waals surface area contributed by atoms with Gasteiger partial charge in [0.25, 0.3) is 29.5 Å². The van der Waals surface area contributed by atoms with Crippen LogP contribution < -0.4 is 90.2 Å². The van der Waals surface area contributed by atoms with Gasteiger partial charge in [0.1, 0.15) is 103 Å². The Kier molecular flexibility index (Phi) is 54.3. The van der Waals surface area contributed by atoms with Gasteiger partial charge in [-0.15, -0.1) is 0 Å². The number of halogens is 1. The zero-order valence-corrected chi connectivity index (χ0v) is 84.6. The van der Waals surface area contributed by atoms with Crippen LogP contribution in [0, 0.1) is 23.2 Å². The molecule has 49 heteroatoms. The van der Waals surface area contributed by atoms with Crippen molar-refractivity contribution in [1.29, 1.82) is 0 Å². The Hall–Kier alpha value is -17.0. The summed E-state index contributed by atoms with van der Waals surface area (Å²) in [7, 11) is 1.50. The number of hydrogen-bond acceptors (Lipinski definition) is 28. The molecule has 0 aliphatic carbocycles. The molecule has 0 aromatic heterocycles. The predicted molar refractivity (Wildman–Crippen MR) is 533 cm³/mol. The van der Waals surface area contributed by atoms with Gasteiger partial charge in [0.2, 0.25) is 59.1 Å². The van der Waals surface area contributed by atoms with Crippen molar-refractivity contribution < 1.29 is 155 Å². The number of aldehydes is 5. The molecule has 0 bridgehead atoms. The lowest BCUT2D eigenvalue weighted by Crippen LogP contribution is -2.57. The summed E-state index contributed by atoms with van der Waals surface area (Å²) in [4.78, 5) is 294. The number of nitrogen functional groups attached to an aromatic ring is 1. The van der Waals surface area contributed by atoms with Gasteiger partial charge in [-0.3, -0.25) is 95.9 Å². The molecule has 0 saturated heterocycles. The van der Waals surface area contributed by atoms with Crippen molar-refractivity contribution in [3.8, 4) is 11.5 Å². The van der Waals surface area contributed by atoms with Crippen molar-refractivity contribution in [2.45, 2.75) is 227 Å². The molecule has 6 rings (SSSR count). The highest BCUT2D eigenvalue weighted by Crippen LogP contribution is 2.24. The third-order valence-electron chi connectivity index (χ3n) is 20.9. The maximum absolute atomic E-state index is 12.9. The molecule has 0 saturated carbocycles. The molecule has 48 nitrogen and oxygen atoms in total. The molecule has 15 atom stereocenters. The number of carboxylic acid groups (broad SMARTS) is 5. The summed E-state index contributed by atoms with van der Waals surface area (Å²) in [6, 6.07) is 21.2. The number of rotatable bonds is 49. The van der Waals surface area contributed by atoms with Gasteiger partial charge in [0, 0.05) is 27.8 Å².